The first-order valence-corrected chi connectivity index (χ1v) is 9.23. The summed E-state index contributed by atoms with van der Waals surface area (Å²) in [6.07, 6.45) is 4.43. The van der Waals surface area contributed by atoms with E-state index in [9.17, 15) is 20.9 Å². The van der Waals surface area contributed by atoms with Gasteiger partial charge < -0.3 is 10.8 Å². The second kappa shape index (κ2) is 6.45. The minimum atomic E-state index is -1.72. The van der Waals surface area contributed by atoms with E-state index in [1.54, 1.807) is 6.07 Å². The largest absolute Gasteiger partial charge is 0.508 e. The van der Waals surface area contributed by atoms with E-state index in [0.29, 0.717) is 5.56 Å². The summed E-state index contributed by atoms with van der Waals surface area (Å²) in [5, 5.41) is 42.5. The Kier molecular flexibility index (Phi) is 4.07. The number of phenolic OH excluding ortho intramolecular Hbond substituents is 1. The molecule has 5 nitrogen and oxygen atoms in total. The van der Waals surface area contributed by atoms with E-state index < -0.39 is 11.3 Å². The van der Waals surface area contributed by atoms with Crippen LogP contribution in [0.2, 0.25) is 0 Å². The van der Waals surface area contributed by atoms with Crippen LogP contribution in [0.25, 0.3) is 10.8 Å². The third kappa shape index (κ3) is 2.22. The minimum Gasteiger partial charge on any atom is -0.508 e. The molecule has 0 amide bonds. The molecule has 0 saturated heterocycles. The molecule has 2 aromatic carbocycles. The lowest BCUT2D eigenvalue weighted by atomic mass is 9.56. The number of aromatic hydroxyl groups is 1. The van der Waals surface area contributed by atoms with Gasteiger partial charge >= 0.3 is 0 Å². The number of rotatable bonds is 1. The Morgan fingerprint density at radius 3 is 2.54 bits per heavy atom. The average Bonchev–Trinajstić information content (AvgIpc) is 2.74. The molecule has 0 bridgehead atoms. The lowest BCUT2D eigenvalue weighted by Crippen LogP contribution is -2.42. The number of nitrogens with two attached hydrogens (primary N) is 1. The van der Waals surface area contributed by atoms with Crippen molar-refractivity contribution >= 4 is 10.8 Å². The molecule has 136 valence electrons. The molecule has 4 rings (SSSR count). The first-order chi connectivity index (χ1) is 13.6. The van der Waals surface area contributed by atoms with Crippen LogP contribution in [0.3, 0.4) is 0 Å². The molecule has 3 N–H and O–H groups in total. The molecule has 2 atom stereocenters. The van der Waals surface area contributed by atoms with Crippen molar-refractivity contribution in [1.29, 1.82) is 15.8 Å². The summed E-state index contributed by atoms with van der Waals surface area (Å²) < 4.78 is 0. The van der Waals surface area contributed by atoms with Crippen molar-refractivity contribution in [3.8, 4) is 24.0 Å². The average molecular weight is 366 g/mol. The molecule has 2 aromatic rings. The lowest BCUT2D eigenvalue weighted by Gasteiger charge is -2.43. The molecule has 28 heavy (non-hydrogen) atoms. The second-order valence-electron chi connectivity index (χ2n) is 7.33. The fraction of sp³-hybridized carbons (Fsp3) is 0.261. The molecule has 2 aliphatic rings. The van der Waals surface area contributed by atoms with Gasteiger partial charge in [-0.3, -0.25) is 0 Å². The predicted molar refractivity (Wildman–Crippen MR) is 104 cm³/mol. The maximum absolute atomic E-state index is 10.8. The van der Waals surface area contributed by atoms with Crippen molar-refractivity contribution in [2.24, 2.45) is 17.1 Å². The van der Waals surface area contributed by atoms with Gasteiger partial charge in [0.25, 0.3) is 0 Å². The Morgan fingerprint density at radius 2 is 1.82 bits per heavy atom. The zero-order valence-corrected chi connectivity index (χ0v) is 15.2. The molecule has 0 heterocycles. The van der Waals surface area contributed by atoms with Crippen molar-refractivity contribution in [2.75, 3.05) is 0 Å². The number of nitriles is 3. The van der Waals surface area contributed by atoms with Crippen LogP contribution in [0, 0.1) is 45.3 Å². The van der Waals surface area contributed by atoms with Crippen molar-refractivity contribution < 1.29 is 5.11 Å². The summed E-state index contributed by atoms with van der Waals surface area (Å²) in [6, 6.07) is 17.4. The first-order valence-electron chi connectivity index (χ1n) is 9.23. The number of hydrogen-bond acceptors (Lipinski definition) is 5. The number of hydrogen-bond donors (Lipinski definition) is 2. The molecular weight excluding hydrogens is 348 g/mol. The quantitative estimate of drug-likeness (QED) is 0.786. The molecule has 0 saturated carbocycles. The Hall–Kier alpha value is -3.75. The van der Waals surface area contributed by atoms with Crippen molar-refractivity contribution in [1.82, 2.24) is 0 Å². The fourth-order valence-corrected chi connectivity index (χ4v) is 4.80. The van der Waals surface area contributed by atoms with Gasteiger partial charge in [0, 0.05) is 11.5 Å². The normalized spacial score (nSPS) is 23.1. The summed E-state index contributed by atoms with van der Waals surface area (Å²) in [6.45, 7) is 0. The van der Waals surface area contributed by atoms with Gasteiger partial charge in [-0.2, -0.15) is 15.8 Å². The number of fused-ring (bicyclic) bond motifs is 2. The van der Waals surface area contributed by atoms with Crippen molar-refractivity contribution in [3.05, 3.63) is 64.9 Å². The molecular formula is C23H18N4O. The SMILES string of the molecule is N#CC1=C(N)C(C#N)(C#N)[C@H](c2c(O)ccc3ccccc23)[C@H]2CCCC=C12. The molecule has 0 aliphatic heterocycles. The highest BCUT2D eigenvalue weighted by Gasteiger charge is 2.54. The minimum absolute atomic E-state index is 0.0123. The fourth-order valence-electron chi connectivity index (χ4n) is 4.80. The summed E-state index contributed by atoms with van der Waals surface area (Å²) in [5.74, 6) is -0.847. The van der Waals surface area contributed by atoms with E-state index >= 15 is 0 Å². The summed E-state index contributed by atoms with van der Waals surface area (Å²) >= 11 is 0. The Balaban J connectivity index is 2.13. The molecule has 0 spiro atoms. The van der Waals surface area contributed by atoms with E-state index in [1.165, 1.54) is 0 Å². The Morgan fingerprint density at radius 1 is 1.07 bits per heavy atom. The maximum atomic E-state index is 10.8. The highest BCUT2D eigenvalue weighted by Crippen LogP contribution is 2.58. The monoisotopic (exact) mass is 366 g/mol. The highest BCUT2D eigenvalue weighted by atomic mass is 16.3. The topological polar surface area (TPSA) is 118 Å². The number of allylic oxidation sites excluding steroid dienone is 4. The van der Waals surface area contributed by atoms with Crippen LogP contribution in [0.15, 0.2) is 59.3 Å². The zero-order chi connectivity index (χ0) is 19.9. The third-order valence-electron chi connectivity index (χ3n) is 6.06. The van der Waals surface area contributed by atoms with E-state index in [2.05, 4.69) is 18.2 Å². The molecule has 0 aromatic heterocycles. The van der Waals surface area contributed by atoms with Crippen LogP contribution in [0.4, 0.5) is 0 Å². The summed E-state index contributed by atoms with van der Waals surface area (Å²) in [5.41, 5.74) is 6.17. The van der Waals surface area contributed by atoms with Gasteiger partial charge in [0.15, 0.2) is 5.41 Å². The molecule has 2 aliphatic carbocycles. The Labute approximate surface area is 163 Å². The zero-order valence-electron chi connectivity index (χ0n) is 15.2. The van der Waals surface area contributed by atoms with Gasteiger partial charge in [-0.25, -0.2) is 0 Å². The Bertz CT molecular complexity index is 1160. The van der Waals surface area contributed by atoms with E-state index in [0.717, 1.165) is 35.6 Å². The lowest BCUT2D eigenvalue weighted by molar-refractivity contribution is 0.310. The van der Waals surface area contributed by atoms with Gasteiger partial charge in [0.2, 0.25) is 0 Å². The number of nitrogens with zero attached hydrogens (tertiary/aromatic N) is 3. The molecule has 0 fully saturated rings. The summed E-state index contributed by atoms with van der Waals surface area (Å²) in [4.78, 5) is 0. The summed E-state index contributed by atoms with van der Waals surface area (Å²) in [7, 11) is 0. The first kappa shape index (κ1) is 17.7. The predicted octanol–water partition coefficient (Wildman–Crippen LogP) is 4.14. The smallest absolute Gasteiger partial charge is 0.191 e. The number of phenols is 1. The molecule has 0 unspecified atom stereocenters. The number of benzene rings is 2. The van der Waals surface area contributed by atoms with Crippen molar-refractivity contribution in [2.45, 2.75) is 25.2 Å². The van der Waals surface area contributed by atoms with Gasteiger partial charge in [0.1, 0.15) is 11.8 Å². The van der Waals surface area contributed by atoms with Crippen LogP contribution >= 0.6 is 0 Å². The van der Waals surface area contributed by atoms with E-state index in [-0.39, 0.29) is 22.9 Å². The molecule has 0 radical (unpaired) electrons. The van der Waals surface area contributed by atoms with Crippen LogP contribution < -0.4 is 5.73 Å². The highest BCUT2D eigenvalue weighted by molar-refractivity contribution is 5.89. The molecule has 5 heteroatoms. The van der Waals surface area contributed by atoms with Gasteiger partial charge in [-0.15, -0.1) is 0 Å². The van der Waals surface area contributed by atoms with E-state index in [4.69, 9.17) is 5.73 Å². The van der Waals surface area contributed by atoms with Crippen LogP contribution in [-0.4, -0.2) is 5.11 Å². The third-order valence-corrected chi connectivity index (χ3v) is 6.06. The second-order valence-corrected chi connectivity index (χ2v) is 7.33. The van der Waals surface area contributed by atoms with Crippen LogP contribution in [-0.2, 0) is 0 Å². The van der Waals surface area contributed by atoms with Crippen molar-refractivity contribution in [3.63, 3.8) is 0 Å². The van der Waals surface area contributed by atoms with Gasteiger partial charge in [-0.05, 0) is 47.6 Å². The van der Waals surface area contributed by atoms with E-state index in [1.807, 2.05) is 36.4 Å². The van der Waals surface area contributed by atoms with Gasteiger partial charge in [0.05, 0.1) is 23.4 Å². The van der Waals surface area contributed by atoms with Crippen LogP contribution in [0.5, 0.6) is 5.75 Å². The maximum Gasteiger partial charge on any atom is 0.191 e. The van der Waals surface area contributed by atoms with Gasteiger partial charge in [-0.1, -0.05) is 36.4 Å². The standard InChI is InChI=1S/C23H18N4O/c24-11-18-16-7-3-4-8-17(16)21(23(12-25,13-26)22(18)27)20-15-6-2-1-5-14(15)9-10-19(20)28/h1-2,5-7,9-10,17,21,28H,3-4,8,27H2/t17-,21-/m0/s1. The van der Waals surface area contributed by atoms with Crippen LogP contribution in [0.1, 0.15) is 30.7 Å².